The molecule has 0 aliphatic rings. The monoisotopic (exact) mass is 292 g/mol. The lowest BCUT2D eigenvalue weighted by Crippen LogP contribution is -2.09. The fraction of sp³-hybridized carbons (Fsp3) is 0.231. The summed E-state index contributed by atoms with van der Waals surface area (Å²) in [6, 6.07) is 6.19. The van der Waals surface area contributed by atoms with Gasteiger partial charge in [-0.25, -0.2) is 4.98 Å². The molecule has 0 saturated heterocycles. The van der Waals surface area contributed by atoms with Crippen LogP contribution in [0.2, 0.25) is 0 Å². The van der Waals surface area contributed by atoms with Crippen LogP contribution >= 0.6 is 11.3 Å². The number of thiazole rings is 1. The second-order valence-corrected chi connectivity index (χ2v) is 5.14. The van der Waals surface area contributed by atoms with E-state index in [0.717, 1.165) is 5.01 Å². The van der Waals surface area contributed by atoms with E-state index in [0.29, 0.717) is 11.3 Å². The summed E-state index contributed by atoms with van der Waals surface area (Å²) in [7, 11) is 0. The zero-order chi connectivity index (χ0) is 14.5. The Morgan fingerprint density at radius 1 is 1.45 bits per heavy atom. The molecule has 0 aliphatic heterocycles. The third-order valence-corrected chi connectivity index (χ3v) is 3.39. The van der Waals surface area contributed by atoms with Crippen molar-refractivity contribution in [3.63, 3.8) is 0 Å². The molecule has 1 aromatic heterocycles. The number of ether oxygens (including phenoxy) is 1. The first-order valence-electron chi connectivity index (χ1n) is 5.85. The van der Waals surface area contributed by atoms with Gasteiger partial charge in [0.1, 0.15) is 6.61 Å². The number of para-hydroxylation sites is 1. The molecule has 1 aromatic carbocycles. The summed E-state index contributed by atoms with van der Waals surface area (Å²) in [4.78, 5) is 26.1. The van der Waals surface area contributed by atoms with Crippen molar-refractivity contribution in [1.82, 2.24) is 4.98 Å². The number of nitro benzene ring substituents is 1. The lowest BCUT2D eigenvalue weighted by Gasteiger charge is -2.04. The minimum Gasteiger partial charge on any atom is -0.460 e. The summed E-state index contributed by atoms with van der Waals surface area (Å²) in [6.07, 6.45) is 0.0744. The lowest BCUT2D eigenvalue weighted by molar-refractivity contribution is -0.385. The summed E-state index contributed by atoms with van der Waals surface area (Å²) < 4.78 is 5.05. The SMILES string of the molecule is Cc1nc(CC(=O)OCc2ccccc2[N+](=O)[O-])cs1. The molecule has 0 N–H and O–H groups in total. The molecule has 0 unspecified atom stereocenters. The number of aryl methyl sites for hydroxylation is 1. The van der Waals surface area contributed by atoms with E-state index in [1.807, 2.05) is 6.92 Å². The molecule has 20 heavy (non-hydrogen) atoms. The largest absolute Gasteiger partial charge is 0.460 e. The van der Waals surface area contributed by atoms with Crippen molar-refractivity contribution in [2.24, 2.45) is 0 Å². The van der Waals surface area contributed by atoms with Crippen molar-refractivity contribution in [1.29, 1.82) is 0 Å². The van der Waals surface area contributed by atoms with E-state index in [2.05, 4.69) is 4.98 Å². The number of nitrogens with zero attached hydrogens (tertiary/aromatic N) is 2. The molecule has 104 valence electrons. The van der Waals surface area contributed by atoms with Crippen LogP contribution in [0.1, 0.15) is 16.3 Å². The van der Waals surface area contributed by atoms with Gasteiger partial charge in [0.25, 0.3) is 5.69 Å². The summed E-state index contributed by atoms with van der Waals surface area (Å²) in [5.74, 6) is -0.451. The molecule has 2 rings (SSSR count). The van der Waals surface area contributed by atoms with Gasteiger partial charge in [-0.3, -0.25) is 14.9 Å². The van der Waals surface area contributed by atoms with Crippen LogP contribution in [0.15, 0.2) is 29.6 Å². The van der Waals surface area contributed by atoms with Gasteiger partial charge < -0.3 is 4.74 Å². The molecule has 7 heteroatoms. The van der Waals surface area contributed by atoms with Crippen LogP contribution in [0.25, 0.3) is 0 Å². The summed E-state index contributed by atoms with van der Waals surface area (Å²) in [6.45, 7) is 1.74. The fourth-order valence-corrected chi connectivity index (χ4v) is 2.27. The van der Waals surface area contributed by atoms with Gasteiger partial charge in [-0.05, 0) is 13.0 Å². The van der Waals surface area contributed by atoms with Gasteiger partial charge in [0.2, 0.25) is 0 Å². The Morgan fingerprint density at radius 2 is 2.20 bits per heavy atom. The Balaban J connectivity index is 1.95. The van der Waals surface area contributed by atoms with E-state index in [1.54, 1.807) is 23.6 Å². The van der Waals surface area contributed by atoms with Crippen LogP contribution < -0.4 is 0 Å². The molecule has 0 radical (unpaired) electrons. The van der Waals surface area contributed by atoms with Gasteiger partial charge in [-0.15, -0.1) is 11.3 Å². The predicted molar refractivity (Wildman–Crippen MR) is 73.4 cm³/mol. The van der Waals surface area contributed by atoms with Crippen molar-refractivity contribution >= 4 is 23.0 Å². The molecule has 0 amide bonds. The highest BCUT2D eigenvalue weighted by Crippen LogP contribution is 2.18. The minimum atomic E-state index is -0.493. The summed E-state index contributed by atoms with van der Waals surface area (Å²) >= 11 is 1.46. The number of carbonyl (C=O) groups excluding carboxylic acids is 1. The van der Waals surface area contributed by atoms with Gasteiger partial charge in [0.15, 0.2) is 0 Å². The highest BCUT2D eigenvalue weighted by Gasteiger charge is 2.14. The maximum absolute atomic E-state index is 11.6. The number of aromatic nitrogens is 1. The van der Waals surface area contributed by atoms with Crippen LogP contribution in [0, 0.1) is 17.0 Å². The molecule has 0 spiro atoms. The minimum absolute atomic E-state index is 0.0511. The molecule has 0 bridgehead atoms. The van der Waals surface area contributed by atoms with Gasteiger partial charge in [-0.1, -0.05) is 12.1 Å². The van der Waals surface area contributed by atoms with Crippen LogP contribution in [0.5, 0.6) is 0 Å². The Kier molecular flexibility index (Phi) is 4.41. The third kappa shape index (κ3) is 3.61. The van der Waals surface area contributed by atoms with Gasteiger partial charge >= 0.3 is 5.97 Å². The number of hydrogen-bond donors (Lipinski definition) is 0. The third-order valence-electron chi connectivity index (χ3n) is 2.57. The van der Waals surface area contributed by atoms with E-state index in [4.69, 9.17) is 4.74 Å². The second kappa shape index (κ2) is 6.25. The second-order valence-electron chi connectivity index (χ2n) is 4.08. The van der Waals surface area contributed by atoms with Gasteiger partial charge in [0.05, 0.1) is 27.6 Å². The molecular weight excluding hydrogens is 280 g/mol. The molecular formula is C13H12N2O4S. The lowest BCUT2D eigenvalue weighted by atomic mass is 10.2. The number of hydrogen-bond acceptors (Lipinski definition) is 6. The number of carbonyl (C=O) groups is 1. The number of esters is 1. The molecule has 0 aliphatic carbocycles. The van der Waals surface area contributed by atoms with Crippen molar-refractivity contribution in [3.8, 4) is 0 Å². The maximum atomic E-state index is 11.6. The highest BCUT2D eigenvalue weighted by molar-refractivity contribution is 7.09. The average Bonchev–Trinajstić information content (AvgIpc) is 2.82. The molecule has 6 nitrogen and oxygen atoms in total. The van der Waals surface area contributed by atoms with Crippen LogP contribution in [-0.4, -0.2) is 15.9 Å². The molecule has 1 heterocycles. The zero-order valence-corrected chi connectivity index (χ0v) is 11.6. The summed E-state index contributed by atoms with van der Waals surface area (Å²) in [5, 5.41) is 13.5. The van der Waals surface area contributed by atoms with Crippen LogP contribution in [-0.2, 0) is 22.6 Å². The van der Waals surface area contributed by atoms with Crippen molar-refractivity contribution in [2.45, 2.75) is 20.0 Å². The predicted octanol–water partition coefficient (Wildman–Crippen LogP) is 2.65. The molecule has 0 saturated carbocycles. The molecule has 0 fully saturated rings. The Bertz CT molecular complexity index is 639. The zero-order valence-electron chi connectivity index (χ0n) is 10.7. The standard InChI is InChI=1S/C13H12N2O4S/c1-9-14-11(8-20-9)6-13(16)19-7-10-4-2-3-5-12(10)15(17)18/h2-5,8H,6-7H2,1H3. The smallest absolute Gasteiger partial charge is 0.312 e. The molecule has 2 aromatic rings. The van der Waals surface area contributed by atoms with Crippen LogP contribution in [0.3, 0.4) is 0 Å². The van der Waals surface area contributed by atoms with E-state index >= 15 is 0 Å². The number of nitro groups is 1. The Morgan fingerprint density at radius 3 is 2.85 bits per heavy atom. The normalized spacial score (nSPS) is 10.2. The van der Waals surface area contributed by atoms with E-state index in [-0.39, 0.29) is 18.7 Å². The average molecular weight is 292 g/mol. The first-order valence-corrected chi connectivity index (χ1v) is 6.73. The maximum Gasteiger partial charge on any atom is 0.312 e. The Labute approximate surface area is 119 Å². The quantitative estimate of drug-likeness (QED) is 0.480. The van der Waals surface area contributed by atoms with Gasteiger partial charge in [0, 0.05) is 11.4 Å². The van der Waals surface area contributed by atoms with E-state index in [1.165, 1.54) is 17.4 Å². The van der Waals surface area contributed by atoms with Gasteiger partial charge in [-0.2, -0.15) is 0 Å². The molecule has 0 atom stereocenters. The first-order chi connectivity index (χ1) is 9.56. The Hall–Kier alpha value is -2.28. The summed E-state index contributed by atoms with van der Waals surface area (Å²) in [5.41, 5.74) is 0.977. The van der Waals surface area contributed by atoms with Crippen molar-refractivity contribution < 1.29 is 14.5 Å². The topological polar surface area (TPSA) is 82.3 Å². The number of rotatable bonds is 5. The van der Waals surface area contributed by atoms with Crippen molar-refractivity contribution in [3.05, 3.63) is 56.0 Å². The van der Waals surface area contributed by atoms with E-state index in [9.17, 15) is 14.9 Å². The first kappa shape index (κ1) is 14.1. The van der Waals surface area contributed by atoms with Crippen molar-refractivity contribution in [2.75, 3.05) is 0 Å². The fourth-order valence-electron chi connectivity index (χ4n) is 1.66. The number of benzene rings is 1. The van der Waals surface area contributed by atoms with E-state index < -0.39 is 10.9 Å². The van der Waals surface area contributed by atoms with Crippen LogP contribution in [0.4, 0.5) is 5.69 Å². The highest BCUT2D eigenvalue weighted by atomic mass is 32.1.